The van der Waals surface area contributed by atoms with Crippen molar-refractivity contribution in [2.45, 2.75) is 25.7 Å². The quantitative estimate of drug-likeness (QED) is 0.801. The van der Waals surface area contributed by atoms with Gasteiger partial charge in [-0.15, -0.1) is 0 Å². The fraction of sp³-hybridized carbons (Fsp3) is 0.538. The molecule has 1 rings (SSSR count). The summed E-state index contributed by atoms with van der Waals surface area (Å²) in [5.41, 5.74) is 1.52. The van der Waals surface area contributed by atoms with E-state index in [1.54, 1.807) is 7.11 Å². The third kappa shape index (κ3) is 3.24. The summed E-state index contributed by atoms with van der Waals surface area (Å²) in [6.07, 6.45) is 1.12. The summed E-state index contributed by atoms with van der Waals surface area (Å²) in [5, 5.41) is 3.19. The Labute approximate surface area is 92.6 Å². The van der Waals surface area contributed by atoms with Crippen LogP contribution in [-0.4, -0.2) is 20.7 Å². The second-order valence-electron chi connectivity index (χ2n) is 4.47. The zero-order valence-electron chi connectivity index (χ0n) is 10.1. The minimum atomic E-state index is 0.192. The van der Waals surface area contributed by atoms with Crippen molar-refractivity contribution in [3.8, 4) is 5.75 Å². The molecule has 2 nitrogen and oxygen atoms in total. The van der Waals surface area contributed by atoms with Crippen molar-refractivity contribution in [1.82, 2.24) is 5.32 Å². The summed E-state index contributed by atoms with van der Waals surface area (Å²) in [6.45, 7) is 5.56. The van der Waals surface area contributed by atoms with Gasteiger partial charge >= 0.3 is 0 Å². The van der Waals surface area contributed by atoms with Crippen molar-refractivity contribution >= 4 is 0 Å². The number of hydrogen-bond donors (Lipinski definition) is 1. The van der Waals surface area contributed by atoms with Crippen LogP contribution in [0.5, 0.6) is 5.75 Å². The Morgan fingerprint density at radius 1 is 1.33 bits per heavy atom. The molecule has 0 saturated carbocycles. The molecule has 0 spiro atoms. The molecule has 0 fully saturated rings. The number of rotatable bonds is 5. The van der Waals surface area contributed by atoms with Gasteiger partial charge in [-0.25, -0.2) is 0 Å². The van der Waals surface area contributed by atoms with E-state index in [2.05, 4.69) is 37.4 Å². The van der Waals surface area contributed by atoms with Crippen LogP contribution in [0.4, 0.5) is 0 Å². The van der Waals surface area contributed by atoms with E-state index >= 15 is 0 Å². The largest absolute Gasteiger partial charge is 0.497 e. The molecule has 0 saturated heterocycles. The fourth-order valence-electron chi connectivity index (χ4n) is 1.63. The van der Waals surface area contributed by atoms with Crippen molar-refractivity contribution in [2.24, 2.45) is 0 Å². The lowest BCUT2D eigenvalue weighted by Crippen LogP contribution is -2.23. The third-order valence-corrected chi connectivity index (χ3v) is 2.85. The maximum Gasteiger partial charge on any atom is 0.119 e. The first-order valence-corrected chi connectivity index (χ1v) is 5.39. The maximum atomic E-state index is 5.24. The minimum absolute atomic E-state index is 0.192. The number of methoxy groups -OCH3 is 1. The summed E-state index contributed by atoms with van der Waals surface area (Å²) in [5.74, 6) is 0.935. The van der Waals surface area contributed by atoms with Gasteiger partial charge in [-0.2, -0.15) is 0 Å². The zero-order valence-corrected chi connectivity index (χ0v) is 10.1. The van der Waals surface area contributed by atoms with Gasteiger partial charge in [-0.05, 0) is 43.1 Å². The second kappa shape index (κ2) is 5.17. The molecule has 0 aliphatic rings. The van der Waals surface area contributed by atoms with E-state index < -0.39 is 0 Å². The Balaban J connectivity index is 2.83. The fourth-order valence-corrected chi connectivity index (χ4v) is 1.63. The Morgan fingerprint density at radius 2 is 2.07 bits per heavy atom. The Morgan fingerprint density at radius 3 is 2.67 bits per heavy atom. The van der Waals surface area contributed by atoms with E-state index in [0.29, 0.717) is 0 Å². The van der Waals surface area contributed by atoms with Crippen LogP contribution in [0.3, 0.4) is 0 Å². The molecule has 84 valence electrons. The zero-order chi connectivity index (χ0) is 11.3. The minimum Gasteiger partial charge on any atom is -0.497 e. The third-order valence-electron chi connectivity index (χ3n) is 2.85. The monoisotopic (exact) mass is 207 g/mol. The van der Waals surface area contributed by atoms with E-state index in [1.165, 1.54) is 5.56 Å². The van der Waals surface area contributed by atoms with E-state index in [0.717, 1.165) is 18.7 Å². The normalized spacial score (nSPS) is 11.5. The molecular formula is C13H21NO. The average molecular weight is 207 g/mol. The molecule has 2 heteroatoms. The lowest BCUT2D eigenvalue weighted by Gasteiger charge is -2.25. The Bertz CT molecular complexity index is 307. The lowest BCUT2D eigenvalue weighted by molar-refractivity contribution is 0.409. The highest BCUT2D eigenvalue weighted by molar-refractivity contribution is 5.33. The SMILES string of the molecule is CNCCC(C)(C)c1cccc(OC)c1. The number of nitrogens with one attached hydrogen (secondary N) is 1. The summed E-state index contributed by atoms with van der Waals surface area (Å²) in [4.78, 5) is 0. The topological polar surface area (TPSA) is 21.3 Å². The Hall–Kier alpha value is -1.02. The summed E-state index contributed by atoms with van der Waals surface area (Å²) in [6, 6.07) is 8.32. The lowest BCUT2D eigenvalue weighted by atomic mass is 9.81. The van der Waals surface area contributed by atoms with Crippen LogP contribution in [-0.2, 0) is 5.41 Å². The van der Waals surface area contributed by atoms with Crippen LogP contribution in [0.15, 0.2) is 24.3 Å². The van der Waals surface area contributed by atoms with E-state index in [4.69, 9.17) is 4.74 Å². The van der Waals surface area contributed by atoms with Gasteiger partial charge in [0.15, 0.2) is 0 Å². The summed E-state index contributed by atoms with van der Waals surface area (Å²) < 4.78 is 5.24. The van der Waals surface area contributed by atoms with Crippen LogP contribution < -0.4 is 10.1 Å². The first-order chi connectivity index (χ1) is 7.10. The number of benzene rings is 1. The van der Waals surface area contributed by atoms with Crippen molar-refractivity contribution in [2.75, 3.05) is 20.7 Å². The molecule has 0 aromatic heterocycles. The standard InChI is InChI=1S/C13H21NO/c1-13(2,8-9-14-3)11-6-5-7-12(10-11)15-4/h5-7,10,14H,8-9H2,1-4H3. The molecule has 0 bridgehead atoms. The van der Waals surface area contributed by atoms with Crippen LogP contribution in [0.25, 0.3) is 0 Å². The molecule has 0 aliphatic heterocycles. The molecule has 0 atom stereocenters. The average Bonchev–Trinajstić information content (AvgIpc) is 2.26. The predicted molar refractivity (Wildman–Crippen MR) is 64.6 cm³/mol. The highest BCUT2D eigenvalue weighted by Crippen LogP contribution is 2.28. The molecule has 0 amide bonds. The maximum absolute atomic E-state index is 5.24. The molecule has 0 aliphatic carbocycles. The second-order valence-corrected chi connectivity index (χ2v) is 4.47. The highest BCUT2D eigenvalue weighted by Gasteiger charge is 2.19. The first-order valence-electron chi connectivity index (χ1n) is 5.39. The highest BCUT2D eigenvalue weighted by atomic mass is 16.5. The first kappa shape index (κ1) is 12.1. The van der Waals surface area contributed by atoms with E-state index in [9.17, 15) is 0 Å². The van der Waals surface area contributed by atoms with Crippen molar-refractivity contribution < 1.29 is 4.74 Å². The molecule has 0 heterocycles. The van der Waals surface area contributed by atoms with Gasteiger partial charge in [0.25, 0.3) is 0 Å². The van der Waals surface area contributed by atoms with Crippen LogP contribution in [0.2, 0.25) is 0 Å². The van der Waals surface area contributed by atoms with Gasteiger partial charge in [-0.1, -0.05) is 26.0 Å². The van der Waals surface area contributed by atoms with Gasteiger partial charge in [0.05, 0.1) is 7.11 Å². The van der Waals surface area contributed by atoms with Crippen LogP contribution in [0, 0.1) is 0 Å². The van der Waals surface area contributed by atoms with Crippen molar-refractivity contribution in [3.63, 3.8) is 0 Å². The smallest absolute Gasteiger partial charge is 0.119 e. The molecule has 0 unspecified atom stereocenters. The van der Waals surface area contributed by atoms with Gasteiger partial charge in [0.1, 0.15) is 5.75 Å². The molecule has 1 aromatic rings. The number of ether oxygens (including phenoxy) is 1. The van der Waals surface area contributed by atoms with Crippen LogP contribution >= 0.6 is 0 Å². The molecule has 0 radical (unpaired) electrons. The number of hydrogen-bond acceptors (Lipinski definition) is 2. The molecular weight excluding hydrogens is 186 g/mol. The van der Waals surface area contributed by atoms with E-state index in [1.807, 2.05) is 13.1 Å². The van der Waals surface area contributed by atoms with Crippen molar-refractivity contribution in [1.29, 1.82) is 0 Å². The van der Waals surface area contributed by atoms with Gasteiger partial charge in [0, 0.05) is 0 Å². The Kier molecular flexibility index (Phi) is 4.15. The van der Waals surface area contributed by atoms with Crippen molar-refractivity contribution in [3.05, 3.63) is 29.8 Å². The molecule has 1 aromatic carbocycles. The van der Waals surface area contributed by atoms with Crippen LogP contribution in [0.1, 0.15) is 25.8 Å². The van der Waals surface area contributed by atoms with Gasteiger partial charge < -0.3 is 10.1 Å². The molecule has 1 N–H and O–H groups in total. The predicted octanol–water partition coefficient (Wildman–Crippen LogP) is 2.58. The van der Waals surface area contributed by atoms with Gasteiger partial charge in [-0.3, -0.25) is 0 Å². The molecule has 15 heavy (non-hydrogen) atoms. The summed E-state index contributed by atoms with van der Waals surface area (Å²) in [7, 11) is 3.70. The summed E-state index contributed by atoms with van der Waals surface area (Å²) >= 11 is 0. The van der Waals surface area contributed by atoms with E-state index in [-0.39, 0.29) is 5.41 Å². The van der Waals surface area contributed by atoms with Gasteiger partial charge in [0.2, 0.25) is 0 Å².